The fraction of sp³-hybridized carbons (Fsp3) is 0.440. The number of methoxy groups -OCH3 is 1. The summed E-state index contributed by atoms with van der Waals surface area (Å²) in [5, 5.41) is 3.12. The molecule has 1 N–H and O–H groups in total. The molecule has 0 radical (unpaired) electrons. The van der Waals surface area contributed by atoms with E-state index in [0.717, 1.165) is 35.3 Å². The van der Waals surface area contributed by atoms with E-state index >= 15 is 0 Å². The van der Waals surface area contributed by atoms with Gasteiger partial charge in [-0.3, -0.25) is 9.59 Å². The lowest BCUT2D eigenvalue weighted by Crippen LogP contribution is -2.48. The Balaban J connectivity index is 1.88. The molecule has 0 aromatic heterocycles. The third kappa shape index (κ3) is 4.84. The zero-order valence-corrected chi connectivity index (χ0v) is 18.2. The molecule has 2 atom stereocenters. The number of benzene rings is 2. The summed E-state index contributed by atoms with van der Waals surface area (Å²) in [6, 6.07) is 15.5. The molecule has 1 fully saturated rings. The van der Waals surface area contributed by atoms with Crippen LogP contribution in [0.2, 0.25) is 0 Å². The zero-order valence-electron chi connectivity index (χ0n) is 18.2. The van der Waals surface area contributed by atoms with Crippen LogP contribution in [0.25, 0.3) is 0 Å². The van der Waals surface area contributed by atoms with Crippen molar-refractivity contribution in [3.63, 3.8) is 0 Å². The van der Waals surface area contributed by atoms with Gasteiger partial charge in [0.1, 0.15) is 5.75 Å². The maximum atomic E-state index is 13.3. The summed E-state index contributed by atoms with van der Waals surface area (Å²) in [6.07, 6.45) is 2.85. The van der Waals surface area contributed by atoms with Crippen molar-refractivity contribution in [2.45, 2.75) is 52.1 Å². The lowest BCUT2D eigenvalue weighted by molar-refractivity contribution is -0.143. The van der Waals surface area contributed by atoms with Crippen LogP contribution in [0, 0.1) is 12.8 Å². The fourth-order valence-corrected chi connectivity index (χ4v) is 4.24. The number of hydrogen-bond acceptors (Lipinski definition) is 3. The molecule has 30 heavy (non-hydrogen) atoms. The highest BCUT2D eigenvalue weighted by molar-refractivity contribution is 5.85. The molecule has 0 saturated carbocycles. The van der Waals surface area contributed by atoms with Crippen LogP contribution < -0.4 is 10.1 Å². The number of para-hydroxylation sites is 1. The first-order chi connectivity index (χ1) is 14.6. The predicted octanol–water partition coefficient (Wildman–Crippen LogP) is 4.40. The van der Waals surface area contributed by atoms with Crippen molar-refractivity contribution in [3.05, 3.63) is 65.2 Å². The Bertz CT molecular complexity index is 880. The topological polar surface area (TPSA) is 58.6 Å². The van der Waals surface area contributed by atoms with Gasteiger partial charge in [0.05, 0.1) is 19.1 Å². The van der Waals surface area contributed by atoms with Crippen LogP contribution in [0.1, 0.15) is 55.3 Å². The molecule has 5 heteroatoms. The molecule has 2 aromatic carbocycles. The molecule has 2 amide bonds. The largest absolute Gasteiger partial charge is 0.496 e. The van der Waals surface area contributed by atoms with E-state index in [1.54, 1.807) is 7.11 Å². The highest BCUT2D eigenvalue weighted by atomic mass is 16.5. The second-order valence-electron chi connectivity index (χ2n) is 7.92. The van der Waals surface area contributed by atoms with E-state index < -0.39 is 0 Å². The van der Waals surface area contributed by atoms with Gasteiger partial charge in [0.2, 0.25) is 11.8 Å². The number of piperidine rings is 1. The van der Waals surface area contributed by atoms with Crippen molar-refractivity contribution in [1.82, 2.24) is 10.2 Å². The number of likely N-dealkylation sites (tertiary alicyclic amines) is 1. The van der Waals surface area contributed by atoms with Crippen LogP contribution in [0.5, 0.6) is 5.75 Å². The number of hydrogen-bond donors (Lipinski definition) is 1. The van der Waals surface area contributed by atoms with E-state index in [2.05, 4.69) is 12.2 Å². The van der Waals surface area contributed by atoms with Crippen molar-refractivity contribution >= 4 is 11.8 Å². The number of amides is 2. The normalized spacial score (nSPS) is 18.9. The lowest BCUT2D eigenvalue weighted by atomic mass is 9.83. The fourth-order valence-electron chi connectivity index (χ4n) is 4.24. The summed E-state index contributed by atoms with van der Waals surface area (Å²) in [6.45, 7) is 5.30. The second kappa shape index (κ2) is 10.3. The summed E-state index contributed by atoms with van der Waals surface area (Å²) in [5.41, 5.74) is 3.16. The standard InChI is InChI=1S/C25H32N2O3/c1-4-5-16-27-23(28)15-14-21(24(27)20-12-8-9-13-22(20)30-3)25(29)26-17-19-11-7-6-10-18(19)2/h6-13,21,24H,4-5,14-17H2,1-3H3,(H,26,29)/t21-,24-/m0/s1. The quantitative estimate of drug-likeness (QED) is 0.704. The molecular weight excluding hydrogens is 376 g/mol. The van der Waals surface area contributed by atoms with Gasteiger partial charge in [-0.2, -0.15) is 0 Å². The third-order valence-corrected chi connectivity index (χ3v) is 5.97. The van der Waals surface area contributed by atoms with Crippen LogP contribution in [-0.4, -0.2) is 30.4 Å². The summed E-state index contributed by atoms with van der Waals surface area (Å²) in [4.78, 5) is 28.0. The van der Waals surface area contributed by atoms with E-state index in [1.165, 1.54) is 0 Å². The molecule has 1 aliphatic heterocycles. The highest BCUT2D eigenvalue weighted by Gasteiger charge is 2.41. The highest BCUT2D eigenvalue weighted by Crippen LogP contribution is 2.40. The van der Waals surface area contributed by atoms with Crippen LogP contribution in [0.3, 0.4) is 0 Å². The van der Waals surface area contributed by atoms with Gasteiger partial charge in [-0.15, -0.1) is 0 Å². The molecule has 5 nitrogen and oxygen atoms in total. The van der Waals surface area contributed by atoms with Crippen LogP contribution >= 0.6 is 0 Å². The van der Waals surface area contributed by atoms with Crippen LogP contribution in [-0.2, 0) is 16.1 Å². The Hall–Kier alpha value is -2.82. The number of nitrogens with zero attached hydrogens (tertiary/aromatic N) is 1. The number of nitrogens with one attached hydrogen (secondary N) is 1. The first-order valence-electron chi connectivity index (χ1n) is 10.8. The van der Waals surface area contributed by atoms with Gasteiger partial charge < -0.3 is 15.0 Å². The van der Waals surface area contributed by atoms with E-state index in [4.69, 9.17) is 4.74 Å². The summed E-state index contributed by atoms with van der Waals surface area (Å²) in [5.74, 6) is 0.515. The molecule has 1 heterocycles. The molecule has 1 aliphatic rings. The van der Waals surface area contributed by atoms with Gasteiger partial charge in [-0.25, -0.2) is 0 Å². The Morgan fingerprint density at radius 1 is 1.17 bits per heavy atom. The van der Waals surface area contributed by atoms with E-state index in [0.29, 0.717) is 25.9 Å². The van der Waals surface area contributed by atoms with Gasteiger partial charge in [0, 0.05) is 25.1 Å². The average molecular weight is 409 g/mol. The van der Waals surface area contributed by atoms with Gasteiger partial charge in [0.15, 0.2) is 0 Å². The second-order valence-corrected chi connectivity index (χ2v) is 7.92. The Labute approximate surface area is 179 Å². The van der Waals surface area contributed by atoms with Crippen LogP contribution in [0.15, 0.2) is 48.5 Å². The van der Waals surface area contributed by atoms with Gasteiger partial charge in [-0.1, -0.05) is 55.8 Å². The zero-order chi connectivity index (χ0) is 21.5. The minimum absolute atomic E-state index is 0.0110. The molecule has 0 unspecified atom stereocenters. The van der Waals surface area contributed by atoms with Crippen molar-refractivity contribution in [2.24, 2.45) is 5.92 Å². The van der Waals surface area contributed by atoms with Crippen molar-refractivity contribution in [1.29, 1.82) is 0 Å². The smallest absolute Gasteiger partial charge is 0.225 e. The van der Waals surface area contributed by atoms with E-state index in [9.17, 15) is 9.59 Å². The third-order valence-electron chi connectivity index (χ3n) is 5.97. The molecule has 0 bridgehead atoms. The number of rotatable bonds is 8. The first kappa shape index (κ1) is 21.9. The SMILES string of the molecule is CCCCN1C(=O)CC[C@H](C(=O)NCc2ccccc2C)[C@@H]1c1ccccc1OC. The number of ether oxygens (including phenoxy) is 1. The number of aryl methyl sites for hydroxylation is 1. The van der Waals surface area contributed by atoms with Crippen molar-refractivity contribution in [3.8, 4) is 5.75 Å². The van der Waals surface area contributed by atoms with Gasteiger partial charge >= 0.3 is 0 Å². The van der Waals surface area contributed by atoms with E-state index in [-0.39, 0.29) is 23.8 Å². The van der Waals surface area contributed by atoms with Crippen molar-refractivity contribution < 1.29 is 14.3 Å². The number of unbranched alkanes of at least 4 members (excludes halogenated alkanes) is 1. The molecule has 1 saturated heterocycles. The van der Waals surface area contributed by atoms with E-state index in [1.807, 2.05) is 60.4 Å². The Kier molecular flexibility index (Phi) is 7.50. The van der Waals surface area contributed by atoms with Crippen molar-refractivity contribution in [2.75, 3.05) is 13.7 Å². The maximum Gasteiger partial charge on any atom is 0.225 e. The minimum Gasteiger partial charge on any atom is -0.496 e. The predicted molar refractivity (Wildman–Crippen MR) is 118 cm³/mol. The molecule has 0 aliphatic carbocycles. The number of carbonyl (C=O) groups excluding carboxylic acids is 2. The van der Waals surface area contributed by atoms with Gasteiger partial charge in [-0.05, 0) is 37.0 Å². The molecule has 3 rings (SSSR count). The lowest BCUT2D eigenvalue weighted by Gasteiger charge is -2.41. The molecule has 2 aromatic rings. The summed E-state index contributed by atoms with van der Waals surface area (Å²) >= 11 is 0. The average Bonchev–Trinajstić information content (AvgIpc) is 2.77. The summed E-state index contributed by atoms with van der Waals surface area (Å²) in [7, 11) is 1.63. The molecule has 0 spiro atoms. The summed E-state index contributed by atoms with van der Waals surface area (Å²) < 4.78 is 5.59. The minimum atomic E-state index is -0.314. The monoisotopic (exact) mass is 408 g/mol. The van der Waals surface area contributed by atoms with Crippen LogP contribution in [0.4, 0.5) is 0 Å². The maximum absolute atomic E-state index is 13.3. The molecular formula is C25H32N2O3. The Morgan fingerprint density at radius 3 is 2.63 bits per heavy atom. The number of carbonyl (C=O) groups is 2. The molecule has 160 valence electrons. The first-order valence-corrected chi connectivity index (χ1v) is 10.8. The van der Waals surface area contributed by atoms with Gasteiger partial charge in [0.25, 0.3) is 0 Å². The Morgan fingerprint density at radius 2 is 1.90 bits per heavy atom.